The molecule has 0 aliphatic carbocycles. The minimum absolute atomic E-state index is 0.139. The van der Waals surface area contributed by atoms with Crippen LogP contribution in [0.2, 0.25) is 0 Å². The minimum atomic E-state index is -4.16. The number of nitrogens with zero attached hydrogens (tertiary/aromatic N) is 8. The second-order valence-corrected chi connectivity index (χ2v) is 10.8. The summed E-state index contributed by atoms with van der Waals surface area (Å²) in [7, 11) is -8.28. The Bertz CT molecular complexity index is 1430. The van der Waals surface area contributed by atoms with Crippen LogP contribution < -0.4 is 11.5 Å². The van der Waals surface area contributed by atoms with Gasteiger partial charge in [0.2, 0.25) is 0 Å². The zero-order valence-electron chi connectivity index (χ0n) is 19.5. The van der Waals surface area contributed by atoms with Gasteiger partial charge < -0.3 is 49.6 Å². The van der Waals surface area contributed by atoms with E-state index in [0.29, 0.717) is 35.4 Å². The summed E-state index contributed by atoms with van der Waals surface area (Å²) in [4.78, 5) is 58.5. The van der Waals surface area contributed by atoms with Crippen molar-refractivity contribution in [1.82, 2.24) is 39.0 Å². The van der Waals surface area contributed by atoms with E-state index in [2.05, 4.69) is 29.9 Å². The standard InChI is InChI=1S/C9H14N5O4P.C8H12N5O4P/c1-6(18-5-19(15,16)17)2-14-4-13-7-8(10)11-3-12-9(7)14;9-7-6-8(11-3-10-7)13(4-12-6)1-2-17-5-18(14,15)16/h3-4,6H,2,5H2,1H3,(H2,10,11,12)(H2,15,16,17);3-4H,1-2,5H2,(H2,9,10,11)(H2,14,15,16)/t6-;/m1./s1. The molecule has 0 saturated carbocycles. The van der Waals surface area contributed by atoms with Crippen molar-refractivity contribution in [1.29, 1.82) is 0 Å². The van der Waals surface area contributed by atoms with Crippen LogP contribution in [0, 0.1) is 0 Å². The van der Waals surface area contributed by atoms with Gasteiger partial charge >= 0.3 is 15.2 Å². The summed E-state index contributed by atoms with van der Waals surface area (Å²) in [5, 5.41) is 0. The molecule has 4 aromatic heterocycles. The number of hydrogen-bond acceptors (Lipinski definition) is 12. The van der Waals surface area contributed by atoms with Crippen LogP contribution in [0.5, 0.6) is 0 Å². The molecule has 37 heavy (non-hydrogen) atoms. The number of rotatable bonds is 10. The molecule has 0 radical (unpaired) electrons. The maximum atomic E-state index is 10.7. The quantitative estimate of drug-likeness (QED) is 0.105. The molecule has 18 nitrogen and oxygen atoms in total. The van der Waals surface area contributed by atoms with Crippen molar-refractivity contribution in [3.05, 3.63) is 25.3 Å². The van der Waals surface area contributed by atoms with E-state index in [1.807, 2.05) is 0 Å². The maximum absolute atomic E-state index is 10.7. The van der Waals surface area contributed by atoms with Gasteiger partial charge in [-0.25, -0.2) is 29.9 Å². The molecule has 0 amide bonds. The zero-order valence-corrected chi connectivity index (χ0v) is 21.3. The van der Waals surface area contributed by atoms with E-state index in [9.17, 15) is 9.13 Å². The number of fused-ring (bicyclic) bond motifs is 2. The van der Waals surface area contributed by atoms with Crippen LogP contribution in [-0.2, 0) is 31.7 Å². The summed E-state index contributed by atoms with van der Waals surface area (Å²) >= 11 is 0. The van der Waals surface area contributed by atoms with Crippen molar-refractivity contribution in [3.8, 4) is 0 Å². The number of nitrogen functional groups attached to an aromatic ring is 2. The Kier molecular flexibility index (Phi) is 9.22. The van der Waals surface area contributed by atoms with Gasteiger partial charge in [-0.2, -0.15) is 0 Å². The highest BCUT2D eigenvalue weighted by Gasteiger charge is 2.17. The molecule has 4 rings (SSSR count). The topological polar surface area (TPSA) is 273 Å². The second-order valence-electron chi connectivity index (χ2n) is 7.67. The average Bonchev–Trinajstić information content (AvgIpc) is 3.41. The number of hydrogen-bond donors (Lipinski definition) is 6. The Hall–Kier alpha value is -3.08. The van der Waals surface area contributed by atoms with Crippen LogP contribution >= 0.6 is 15.2 Å². The van der Waals surface area contributed by atoms with Crippen molar-refractivity contribution in [2.24, 2.45) is 0 Å². The van der Waals surface area contributed by atoms with Gasteiger partial charge in [0.05, 0.1) is 31.9 Å². The molecule has 0 saturated heterocycles. The lowest BCUT2D eigenvalue weighted by Crippen LogP contribution is -2.17. The monoisotopic (exact) mass is 560 g/mol. The summed E-state index contributed by atoms with van der Waals surface area (Å²) in [6, 6.07) is 0. The third kappa shape index (κ3) is 8.48. The fourth-order valence-corrected chi connectivity index (χ4v) is 3.81. The van der Waals surface area contributed by atoms with Crippen LogP contribution in [0.4, 0.5) is 11.6 Å². The Morgan fingerprint density at radius 1 is 0.838 bits per heavy atom. The molecule has 4 heterocycles. The molecular formula is C17H26N10O8P2. The molecule has 0 aromatic carbocycles. The van der Waals surface area contributed by atoms with E-state index in [-0.39, 0.29) is 18.2 Å². The van der Waals surface area contributed by atoms with Crippen LogP contribution in [0.25, 0.3) is 22.3 Å². The van der Waals surface area contributed by atoms with Gasteiger partial charge in [0.1, 0.15) is 36.4 Å². The van der Waals surface area contributed by atoms with Crippen LogP contribution in [-0.4, -0.2) is 84.0 Å². The highest BCUT2D eigenvalue weighted by molar-refractivity contribution is 7.51. The molecule has 0 spiro atoms. The molecule has 0 aliphatic heterocycles. The smallest absolute Gasteiger partial charge is 0.350 e. The Morgan fingerprint density at radius 2 is 1.35 bits per heavy atom. The maximum Gasteiger partial charge on any atom is 0.350 e. The number of nitrogens with two attached hydrogens (primary N) is 2. The molecular weight excluding hydrogens is 534 g/mol. The fraction of sp³-hybridized carbons (Fsp3) is 0.412. The van der Waals surface area contributed by atoms with Crippen molar-refractivity contribution in [2.45, 2.75) is 26.1 Å². The second kappa shape index (κ2) is 12.0. The summed E-state index contributed by atoms with van der Waals surface area (Å²) < 4.78 is 34.6. The molecule has 1 atom stereocenters. The Morgan fingerprint density at radius 3 is 1.89 bits per heavy atom. The first-order valence-electron chi connectivity index (χ1n) is 10.4. The lowest BCUT2D eigenvalue weighted by molar-refractivity contribution is 0.0764. The van der Waals surface area contributed by atoms with E-state index in [1.54, 1.807) is 16.1 Å². The van der Waals surface area contributed by atoms with Crippen molar-refractivity contribution in [2.75, 3.05) is 30.8 Å². The van der Waals surface area contributed by atoms with Gasteiger partial charge in [0, 0.05) is 6.54 Å². The lowest BCUT2D eigenvalue weighted by Gasteiger charge is -2.14. The molecule has 0 aliphatic rings. The third-order valence-corrected chi connectivity index (χ3v) is 5.58. The first kappa shape index (κ1) is 28.5. The summed E-state index contributed by atoms with van der Waals surface area (Å²) in [5.74, 6) is 0.572. The van der Waals surface area contributed by atoms with E-state index in [1.165, 1.54) is 25.3 Å². The number of anilines is 2. The minimum Gasteiger partial charge on any atom is -0.382 e. The molecule has 0 bridgehead atoms. The van der Waals surface area contributed by atoms with E-state index < -0.39 is 34.0 Å². The van der Waals surface area contributed by atoms with Crippen LogP contribution in [0.3, 0.4) is 0 Å². The molecule has 20 heteroatoms. The number of aromatic nitrogens is 8. The van der Waals surface area contributed by atoms with Gasteiger partial charge in [-0.1, -0.05) is 0 Å². The lowest BCUT2D eigenvalue weighted by atomic mass is 10.4. The summed E-state index contributed by atoms with van der Waals surface area (Å²) in [6.45, 7) is 2.56. The zero-order chi connectivity index (χ0) is 27.2. The molecule has 0 unspecified atom stereocenters. The third-order valence-electron chi connectivity index (χ3n) is 4.58. The van der Waals surface area contributed by atoms with E-state index in [0.717, 1.165) is 0 Å². The first-order chi connectivity index (χ1) is 17.3. The van der Waals surface area contributed by atoms with Gasteiger partial charge in [-0.3, -0.25) is 9.13 Å². The predicted octanol–water partition coefficient (Wildman–Crippen LogP) is -0.491. The highest BCUT2D eigenvalue weighted by atomic mass is 31.2. The molecule has 4 aromatic rings. The van der Waals surface area contributed by atoms with Crippen molar-refractivity contribution in [3.63, 3.8) is 0 Å². The normalized spacial score (nSPS) is 13.0. The number of imidazole rings is 2. The fourth-order valence-electron chi connectivity index (χ4n) is 3.00. The predicted molar refractivity (Wildman–Crippen MR) is 130 cm³/mol. The van der Waals surface area contributed by atoms with Gasteiger partial charge in [-0.15, -0.1) is 0 Å². The van der Waals surface area contributed by atoms with Crippen LogP contribution in [0.1, 0.15) is 6.92 Å². The van der Waals surface area contributed by atoms with Gasteiger partial charge in [0.25, 0.3) is 0 Å². The SMILES string of the molecule is C[C@H](Cn1cnc2c(N)ncnc21)OCP(=O)(O)O.Nc1ncnc2c1ncn2CCOCP(=O)(O)O. The average molecular weight is 560 g/mol. The van der Waals surface area contributed by atoms with E-state index >= 15 is 0 Å². The van der Waals surface area contributed by atoms with Gasteiger partial charge in [0.15, 0.2) is 22.9 Å². The van der Waals surface area contributed by atoms with Gasteiger partial charge in [-0.05, 0) is 6.92 Å². The Labute approximate surface area is 209 Å². The number of ether oxygens (including phenoxy) is 2. The van der Waals surface area contributed by atoms with E-state index in [4.69, 9.17) is 40.5 Å². The van der Waals surface area contributed by atoms with Crippen molar-refractivity contribution >= 4 is 49.2 Å². The van der Waals surface area contributed by atoms with Crippen LogP contribution in [0.15, 0.2) is 25.3 Å². The van der Waals surface area contributed by atoms with Crippen molar-refractivity contribution < 1.29 is 38.2 Å². The first-order valence-corrected chi connectivity index (χ1v) is 14.0. The molecule has 0 fully saturated rings. The highest BCUT2D eigenvalue weighted by Crippen LogP contribution is 2.34. The summed E-state index contributed by atoms with van der Waals surface area (Å²) in [5.41, 5.74) is 13.4. The Balaban J connectivity index is 0.000000206. The largest absolute Gasteiger partial charge is 0.382 e. The summed E-state index contributed by atoms with van der Waals surface area (Å²) in [6.07, 6.45) is 4.10. The molecule has 202 valence electrons. The molecule has 8 N–H and O–H groups in total.